The number of rotatable bonds is 8. The number of sulfone groups is 1. The quantitative estimate of drug-likeness (QED) is 0.615. The number of hydrogen-bond donors (Lipinski definition) is 1. The van der Waals surface area contributed by atoms with Crippen molar-refractivity contribution in [2.45, 2.75) is 17.4 Å². The van der Waals surface area contributed by atoms with E-state index in [-0.39, 0.29) is 30.5 Å². The van der Waals surface area contributed by atoms with Crippen molar-refractivity contribution in [3.63, 3.8) is 0 Å². The van der Waals surface area contributed by atoms with Gasteiger partial charge in [0.25, 0.3) is 5.91 Å². The van der Waals surface area contributed by atoms with Gasteiger partial charge in [-0.15, -0.1) is 5.10 Å². The topological polar surface area (TPSA) is 111 Å². The van der Waals surface area contributed by atoms with Gasteiger partial charge in [-0.05, 0) is 17.7 Å². The van der Waals surface area contributed by atoms with E-state index in [1.165, 1.54) is 7.11 Å². The van der Waals surface area contributed by atoms with Crippen LogP contribution in [0.15, 0.2) is 64.2 Å². The van der Waals surface area contributed by atoms with Crippen molar-refractivity contribution in [3.05, 3.63) is 71.6 Å². The van der Waals surface area contributed by atoms with Crippen LogP contribution in [0.25, 0.3) is 0 Å². The van der Waals surface area contributed by atoms with Gasteiger partial charge in [-0.25, -0.2) is 8.42 Å². The first-order valence-electron chi connectivity index (χ1n) is 8.50. The van der Waals surface area contributed by atoms with Gasteiger partial charge in [-0.1, -0.05) is 47.6 Å². The summed E-state index contributed by atoms with van der Waals surface area (Å²) in [6.45, 7) is 0.206. The number of para-hydroxylation sites is 1. The van der Waals surface area contributed by atoms with E-state index in [2.05, 4.69) is 15.5 Å². The van der Waals surface area contributed by atoms with Gasteiger partial charge in [0, 0.05) is 13.0 Å². The molecule has 0 bridgehead atoms. The summed E-state index contributed by atoms with van der Waals surface area (Å²) in [5.74, 6) is 0.0629. The molecule has 0 saturated heterocycles. The predicted octanol–water partition coefficient (Wildman–Crippen LogP) is 2.02. The summed E-state index contributed by atoms with van der Waals surface area (Å²) in [4.78, 5) is 12.2. The van der Waals surface area contributed by atoms with Crippen LogP contribution in [-0.2, 0) is 22.0 Å². The van der Waals surface area contributed by atoms with Gasteiger partial charge < -0.3 is 14.5 Å². The van der Waals surface area contributed by atoms with Gasteiger partial charge in [0.1, 0.15) is 5.75 Å². The molecule has 0 aliphatic rings. The van der Waals surface area contributed by atoms with Crippen LogP contribution in [0, 0.1) is 0 Å². The molecule has 1 amide bonds. The van der Waals surface area contributed by atoms with E-state index in [1.807, 2.05) is 0 Å². The lowest BCUT2D eigenvalue weighted by atomic mass is 10.2. The highest BCUT2D eigenvalue weighted by Crippen LogP contribution is 2.17. The molecule has 0 atom stereocenters. The van der Waals surface area contributed by atoms with E-state index in [9.17, 15) is 13.2 Å². The third-order valence-corrected chi connectivity index (χ3v) is 5.30. The monoisotopic (exact) mass is 401 g/mol. The number of ether oxygens (including phenoxy) is 1. The van der Waals surface area contributed by atoms with Crippen LogP contribution in [0.5, 0.6) is 5.75 Å². The zero-order valence-electron chi connectivity index (χ0n) is 15.2. The minimum atomic E-state index is -3.73. The molecule has 0 aliphatic heterocycles. The van der Waals surface area contributed by atoms with E-state index in [0.29, 0.717) is 16.9 Å². The lowest BCUT2D eigenvalue weighted by Crippen LogP contribution is -2.26. The van der Waals surface area contributed by atoms with Gasteiger partial charge >= 0.3 is 5.22 Å². The Bertz CT molecular complexity index is 1050. The number of nitrogens with zero attached hydrogens (tertiary/aromatic N) is 2. The minimum absolute atomic E-state index is 0.131. The summed E-state index contributed by atoms with van der Waals surface area (Å²) >= 11 is 0. The van der Waals surface area contributed by atoms with Crippen molar-refractivity contribution in [1.82, 2.24) is 15.5 Å². The first kappa shape index (κ1) is 19.6. The van der Waals surface area contributed by atoms with Crippen molar-refractivity contribution in [2.75, 3.05) is 13.7 Å². The highest BCUT2D eigenvalue weighted by atomic mass is 32.2. The molecule has 1 heterocycles. The molecular weight excluding hydrogens is 382 g/mol. The van der Waals surface area contributed by atoms with Crippen LogP contribution in [0.4, 0.5) is 0 Å². The Morgan fingerprint density at radius 2 is 1.79 bits per heavy atom. The number of carbonyl (C=O) groups is 1. The Morgan fingerprint density at radius 3 is 2.54 bits per heavy atom. The molecule has 28 heavy (non-hydrogen) atoms. The largest absolute Gasteiger partial charge is 0.496 e. The Morgan fingerprint density at radius 1 is 1.07 bits per heavy atom. The Balaban J connectivity index is 1.58. The third kappa shape index (κ3) is 4.74. The highest BCUT2D eigenvalue weighted by molar-refractivity contribution is 7.90. The summed E-state index contributed by atoms with van der Waals surface area (Å²) in [5.41, 5.74) is 1.04. The van der Waals surface area contributed by atoms with Crippen molar-refractivity contribution in [1.29, 1.82) is 0 Å². The number of amides is 1. The van der Waals surface area contributed by atoms with E-state index >= 15 is 0 Å². The normalized spacial score (nSPS) is 11.2. The zero-order valence-corrected chi connectivity index (χ0v) is 16.0. The summed E-state index contributed by atoms with van der Waals surface area (Å²) in [6.07, 6.45) is 0.203. The number of methoxy groups -OCH3 is 1. The summed E-state index contributed by atoms with van der Waals surface area (Å²) in [5, 5.41) is 9.67. The second-order valence-corrected chi connectivity index (χ2v) is 7.78. The predicted molar refractivity (Wildman–Crippen MR) is 101 cm³/mol. The average Bonchev–Trinajstić information content (AvgIpc) is 3.18. The lowest BCUT2D eigenvalue weighted by molar-refractivity contribution is 0.0950. The maximum absolute atomic E-state index is 12.4. The van der Waals surface area contributed by atoms with E-state index in [0.717, 1.165) is 0 Å². The first-order chi connectivity index (χ1) is 13.5. The van der Waals surface area contributed by atoms with E-state index in [1.54, 1.807) is 54.6 Å². The van der Waals surface area contributed by atoms with Crippen LogP contribution in [0.3, 0.4) is 0 Å². The molecule has 0 fully saturated rings. The van der Waals surface area contributed by atoms with Crippen molar-refractivity contribution < 1.29 is 22.4 Å². The van der Waals surface area contributed by atoms with Crippen LogP contribution in [0.2, 0.25) is 0 Å². The number of benzene rings is 2. The second-order valence-electron chi connectivity index (χ2n) is 5.91. The van der Waals surface area contributed by atoms with Crippen LogP contribution in [0.1, 0.15) is 21.8 Å². The Hall–Kier alpha value is -3.20. The molecule has 3 aromatic rings. The molecule has 0 saturated carbocycles. The maximum Gasteiger partial charge on any atom is 0.335 e. The number of carbonyl (C=O) groups excluding carboxylic acids is 1. The molecule has 0 spiro atoms. The number of nitrogens with one attached hydrogen (secondary N) is 1. The smallest absolute Gasteiger partial charge is 0.335 e. The summed E-state index contributed by atoms with van der Waals surface area (Å²) in [7, 11) is -2.24. The first-order valence-corrected chi connectivity index (χ1v) is 10.1. The molecular formula is C19H19N3O5S. The highest BCUT2D eigenvalue weighted by Gasteiger charge is 2.23. The fraction of sp³-hybridized carbons (Fsp3) is 0.211. The minimum Gasteiger partial charge on any atom is -0.496 e. The number of hydrogen-bond acceptors (Lipinski definition) is 7. The molecule has 146 valence electrons. The van der Waals surface area contributed by atoms with Gasteiger partial charge in [-0.3, -0.25) is 4.79 Å². The molecule has 0 unspecified atom stereocenters. The fourth-order valence-corrected chi connectivity index (χ4v) is 3.67. The van der Waals surface area contributed by atoms with Gasteiger partial charge in [0.2, 0.25) is 15.7 Å². The van der Waals surface area contributed by atoms with Crippen LogP contribution >= 0.6 is 0 Å². The molecule has 1 N–H and O–H groups in total. The van der Waals surface area contributed by atoms with Crippen LogP contribution in [-0.4, -0.2) is 38.2 Å². The Labute approximate surface area is 162 Å². The zero-order chi connectivity index (χ0) is 20.0. The van der Waals surface area contributed by atoms with Crippen molar-refractivity contribution in [3.8, 4) is 5.75 Å². The Kier molecular flexibility index (Phi) is 6.05. The summed E-state index contributed by atoms with van der Waals surface area (Å²) in [6, 6.07) is 15.6. The summed E-state index contributed by atoms with van der Waals surface area (Å²) < 4.78 is 35.2. The van der Waals surface area contributed by atoms with Crippen molar-refractivity contribution in [2.24, 2.45) is 0 Å². The lowest BCUT2D eigenvalue weighted by Gasteiger charge is -2.08. The molecule has 3 rings (SSSR count). The molecule has 1 aromatic heterocycles. The van der Waals surface area contributed by atoms with E-state index < -0.39 is 15.1 Å². The van der Waals surface area contributed by atoms with Gasteiger partial charge in [0.05, 0.1) is 18.4 Å². The molecule has 2 aromatic carbocycles. The van der Waals surface area contributed by atoms with E-state index in [4.69, 9.17) is 9.15 Å². The van der Waals surface area contributed by atoms with Gasteiger partial charge in [-0.2, -0.15) is 0 Å². The number of aromatic nitrogens is 2. The molecule has 0 aliphatic carbocycles. The molecule has 8 nitrogen and oxygen atoms in total. The van der Waals surface area contributed by atoms with Gasteiger partial charge in [0.15, 0.2) is 0 Å². The van der Waals surface area contributed by atoms with Crippen LogP contribution < -0.4 is 10.1 Å². The standard InChI is InChI=1S/C19H19N3O5S/c1-26-16-10-6-5-9-15(16)18(23)20-12-11-17-21-22-19(27-17)28(24,25)13-14-7-3-2-4-8-14/h2-10H,11-13H2,1H3,(H,20,23). The third-order valence-electron chi connectivity index (χ3n) is 3.89. The maximum atomic E-state index is 12.4. The second kappa shape index (κ2) is 8.66. The SMILES string of the molecule is COc1ccccc1C(=O)NCCc1nnc(S(=O)(=O)Cc2ccccc2)o1. The van der Waals surface area contributed by atoms with Crippen molar-refractivity contribution >= 4 is 15.7 Å². The average molecular weight is 401 g/mol. The molecule has 0 radical (unpaired) electrons. The fourth-order valence-electron chi connectivity index (χ4n) is 2.53. The molecule has 9 heteroatoms.